The molecule has 1 aromatic heterocycles. The summed E-state index contributed by atoms with van der Waals surface area (Å²) in [6.07, 6.45) is 0.750. The van der Waals surface area contributed by atoms with Crippen molar-refractivity contribution in [1.29, 1.82) is 0 Å². The van der Waals surface area contributed by atoms with Crippen molar-refractivity contribution in [2.45, 2.75) is 20.3 Å². The molecule has 0 atom stereocenters. The van der Waals surface area contributed by atoms with Gasteiger partial charge in [-0.05, 0) is 50.2 Å². The molecule has 0 amide bonds. The molecule has 1 heterocycles. The number of methoxy groups -OCH3 is 1. The Kier molecular flexibility index (Phi) is 4.67. The summed E-state index contributed by atoms with van der Waals surface area (Å²) >= 11 is 0. The number of rotatable bonds is 5. The molecular formula is C20H23N3O. The molecule has 3 rings (SSSR count). The van der Waals surface area contributed by atoms with E-state index in [1.807, 2.05) is 22.9 Å². The van der Waals surface area contributed by atoms with Crippen LogP contribution in [0.1, 0.15) is 16.8 Å². The molecule has 0 saturated carbocycles. The Balaban J connectivity index is 2.21. The van der Waals surface area contributed by atoms with Gasteiger partial charge in [-0.1, -0.05) is 29.8 Å². The molecule has 4 heteroatoms. The number of hydrogen-bond acceptors (Lipinski definition) is 3. The van der Waals surface area contributed by atoms with Crippen molar-refractivity contribution in [2.75, 3.05) is 13.7 Å². The van der Waals surface area contributed by atoms with E-state index in [1.54, 1.807) is 7.11 Å². The van der Waals surface area contributed by atoms with Crippen LogP contribution in [0.5, 0.6) is 5.75 Å². The molecular weight excluding hydrogens is 298 g/mol. The summed E-state index contributed by atoms with van der Waals surface area (Å²) in [5.41, 5.74) is 12.3. The Morgan fingerprint density at radius 1 is 1.08 bits per heavy atom. The number of ether oxygens (including phenoxy) is 1. The van der Waals surface area contributed by atoms with Crippen molar-refractivity contribution in [3.8, 4) is 22.7 Å². The summed E-state index contributed by atoms with van der Waals surface area (Å²) in [6, 6.07) is 16.5. The van der Waals surface area contributed by atoms with Crippen molar-refractivity contribution in [3.05, 3.63) is 65.4 Å². The number of nitrogens with zero attached hydrogens (tertiary/aromatic N) is 2. The highest BCUT2D eigenvalue weighted by molar-refractivity contribution is 5.70. The fraction of sp³-hybridized carbons (Fsp3) is 0.250. The van der Waals surface area contributed by atoms with Crippen LogP contribution in [0.4, 0.5) is 0 Å². The largest absolute Gasteiger partial charge is 0.496 e. The topological polar surface area (TPSA) is 53.1 Å². The van der Waals surface area contributed by atoms with Gasteiger partial charge in [0.05, 0.1) is 24.2 Å². The van der Waals surface area contributed by atoms with E-state index in [-0.39, 0.29) is 0 Å². The average molecular weight is 321 g/mol. The predicted octanol–water partition coefficient (Wildman–Crippen LogP) is 3.67. The zero-order valence-electron chi connectivity index (χ0n) is 14.4. The standard InChI is InChI=1S/C20H23N3O/c1-14-8-9-18(15(2)12-14)23-19(13-16(22-23)10-11-21)17-6-4-5-7-20(17)24-3/h4-9,12-13H,10-11,21H2,1-3H3. The van der Waals surface area contributed by atoms with Crippen molar-refractivity contribution >= 4 is 0 Å². The fourth-order valence-electron chi connectivity index (χ4n) is 2.97. The molecule has 0 aliphatic heterocycles. The molecule has 4 nitrogen and oxygen atoms in total. The van der Waals surface area contributed by atoms with Crippen LogP contribution in [-0.2, 0) is 6.42 Å². The van der Waals surface area contributed by atoms with Crippen molar-refractivity contribution in [1.82, 2.24) is 9.78 Å². The van der Waals surface area contributed by atoms with E-state index in [9.17, 15) is 0 Å². The molecule has 2 aromatic carbocycles. The van der Waals surface area contributed by atoms with E-state index in [1.165, 1.54) is 11.1 Å². The minimum absolute atomic E-state index is 0.579. The molecule has 0 bridgehead atoms. The summed E-state index contributed by atoms with van der Waals surface area (Å²) < 4.78 is 7.54. The van der Waals surface area contributed by atoms with E-state index >= 15 is 0 Å². The van der Waals surface area contributed by atoms with E-state index in [0.29, 0.717) is 6.54 Å². The van der Waals surface area contributed by atoms with Gasteiger partial charge in [0.2, 0.25) is 0 Å². The quantitative estimate of drug-likeness (QED) is 0.780. The van der Waals surface area contributed by atoms with Gasteiger partial charge >= 0.3 is 0 Å². The zero-order chi connectivity index (χ0) is 17.1. The average Bonchev–Trinajstić information content (AvgIpc) is 2.98. The number of aryl methyl sites for hydroxylation is 2. The van der Waals surface area contributed by atoms with Crippen molar-refractivity contribution < 1.29 is 4.74 Å². The predicted molar refractivity (Wildman–Crippen MR) is 97.8 cm³/mol. The third kappa shape index (κ3) is 3.05. The first-order chi connectivity index (χ1) is 11.6. The van der Waals surface area contributed by atoms with Crippen molar-refractivity contribution in [2.24, 2.45) is 5.73 Å². The Morgan fingerprint density at radius 3 is 2.58 bits per heavy atom. The molecule has 0 radical (unpaired) electrons. The van der Waals surface area contributed by atoms with Crippen LogP contribution in [-0.4, -0.2) is 23.4 Å². The van der Waals surface area contributed by atoms with Crippen LogP contribution in [0.3, 0.4) is 0 Å². The van der Waals surface area contributed by atoms with E-state index < -0.39 is 0 Å². The van der Waals surface area contributed by atoms with Gasteiger partial charge in [-0.15, -0.1) is 0 Å². The highest BCUT2D eigenvalue weighted by atomic mass is 16.5. The molecule has 3 aromatic rings. The van der Waals surface area contributed by atoms with Gasteiger partial charge < -0.3 is 10.5 Å². The Labute approximate surface area is 142 Å². The Hall–Kier alpha value is -2.59. The minimum Gasteiger partial charge on any atom is -0.496 e. The second-order valence-corrected chi connectivity index (χ2v) is 5.96. The van der Waals surface area contributed by atoms with Crippen LogP contribution < -0.4 is 10.5 Å². The lowest BCUT2D eigenvalue weighted by atomic mass is 10.1. The third-order valence-corrected chi connectivity index (χ3v) is 4.12. The smallest absolute Gasteiger partial charge is 0.128 e. The van der Waals surface area contributed by atoms with Crippen molar-refractivity contribution in [3.63, 3.8) is 0 Å². The normalized spacial score (nSPS) is 10.8. The van der Waals surface area contributed by atoms with Crippen LogP contribution in [0.25, 0.3) is 16.9 Å². The van der Waals surface area contributed by atoms with Gasteiger partial charge in [-0.2, -0.15) is 5.10 Å². The lowest BCUT2D eigenvalue weighted by molar-refractivity contribution is 0.416. The molecule has 0 spiro atoms. The summed E-state index contributed by atoms with van der Waals surface area (Å²) in [5.74, 6) is 0.836. The van der Waals surface area contributed by atoms with Crippen LogP contribution in [0, 0.1) is 13.8 Å². The third-order valence-electron chi connectivity index (χ3n) is 4.12. The fourth-order valence-corrected chi connectivity index (χ4v) is 2.97. The summed E-state index contributed by atoms with van der Waals surface area (Å²) in [5, 5.41) is 4.79. The lowest BCUT2D eigenvalue weighted by Gasteiger charge is -2.13. The van der Waals surface area contributed by atoms with E-state index in [0.717, 1.165) is 34.8 Å². The van der Waals surface area contributed by atoms with Gasteiger partial charge in [0.1, 0.15) is 5.75 Å². The molecule has 0 aliphatic rings. The number of para-hydroxylation sites is 1. The van der Waals surface area contributed by atoms with Gasteiger partial charge in [-0.3, -0.25) is 0 Å². The summed E-state index contributed by atoms with van der Waals surface area (Å²) in [7, 11) is 1.69. The Morgan fingerprint density at radius 2 is 1.88 bits per heavy atom. The molecule has 0 aliphatic carbocycles. The number of benzene rings is 2. The zero-order valence-corrected chi connectivity index (χ0v) is 14.4. The molecule has 124 valence electrons. The summed E-state index contributed by atoms with van der Waals surface area (Å²) in [6.45, 7) is 4.79. The van der Waals surface area contributed by atoms with Gasteiger partial charge in [0.15, 0.2) is 0 Å². The first-order valence-electron chi connectivity index (χ1n) is 8.14. The maximum Gasteiger partial charge on any atom is 0.128 e. The first-order valence-corrected chi connectivity index (χ1v) is 8.14. The first kappa shape index (κ1) is 16.3. The van der Waals surface area contributed by atoms with Gasteiger partial charge in [0, 0.05) is 12.0 Å². The van der Waals surface area contributed by atoms with E-state index in [4.69, 9.17) is 15.6 Å². The number of aromatic nitrogens is 2. The second-order valence-electron chi connectivity index (χ2n) is 5.96. The number of hydrogen-bond donors (Lipinski definition) is 1. The molecule has 0 saturated heterocycles. The maximum absolute atomic E-state index is 5.73. The molecule has 2 N–H and O–H groups in total. The highest BCUT2D eigenvalue weighted by Crippen LogP contribution is 2.32. The monoisotopic (exact) mass is 321 g/mol. The second kappa shape index (κ2) is 6.89. The SMILES string of the molecule is COc1ccccc1-c1cc(CCN)nn1-c1ccc(C)cc1C. The lowest BCUT2D eigenvalue weighted by Crippen LogP contribution is -2.05. The maximum atomic E-state index is 5.73. The van der Waals surface area contributed by atoms with Crippen LogP contribution >= 0.6 is 0 Å². The molecule has 0 fully saturated rings. The Bertz CT molecular complexity index is 852. The van der Waals surface area contributed by atoms with E-state index in [2.05, 4.69) is 44.2 Å². The molecule has 24 heavy (non-hydrogen) atoms. The summed E-state index contributed by atoms with van der Waals surface area (Å²) in [4.78, 5) is 0. The molecule has 0 unspecified atom stereocenters. The van der Waals surface area contributed by atoms with Crippen LogP contribution in [0.15, 0.2) is 48.5 Å². The van der Waals surface area contributed by atoms with Gasteiger partial charge in [0.25, 0.3) is 0 Å². The van der Waals surface area contributed by atoms with Gasteiger partial charge in [-0.25, -0.2) is 4.68 Å². The highest BCUT2D eigenvalue weighted by Gasteiger charge is 2.16. The number of nitrogens with two attached hydrogens (primary N) is 1. The van der Waals surface area contributed by atoms with Crippen LogP contribution in [0.2, 0.25) is 0 Å². The minimum atomic E-state index is 0.579.